The summed E-state index contributed by atoms with van der Waals surface area (Å²) in [4.78, 5) is 9.90. The Morgan fingerprint density at radius 2 is 2.33 bits per heavy atom. The van der Waals surface area contributed by atoms with Gasteiger partial charge in [-0.05, 0) is 12.1 Å². The highest BCUT2D eigenvalue weighted by Crippen LogP contribution is 2.27. The topological polar surface area (TPSA) is 141 Å². The maximum Gasteiger partial charge on any atom is 0.288 e. The summed E-state index contributed by atoms with van der Waals surface area (Å²) in [7, 11) is 0. The van der Waals surface area contributed by atoms with Crippen molar-refractivity contribution in [3.63, 3.8) is 0 Å². The lowest BCUT2D eigenvalue weighted by molar-refractivity contribution is -0.384. The summed E-state index contributed by atoms with van der Waals surface area (Å²) in [6.07, 6.45) is 0. The number of nitrogens with zero attached hydrogens (tertiary/aromatic N) is 3. The number of hydrogen-bond donors (Lipinski definition) is 3. The standard InChI is InChI=1S/C9H7ClN6O2/c10-6-3-5(1-2-8(6)16(17)18)14-15-7(4-11)9(12)13/h1-3,14H,(H3,12,13)/b15-7+. The Morgan fingerprint density at radius 1 is 1.67 bits per heavy atom. The van der Waals surface area contributed by atoms with Crippen LogP contribution in [0.3, 0.4) is 0 Å². The SMILES string of the molecule is N#C/C(=N\Nc1ccc([N+](=O)[O-])c(Cl)c1)C(=N)N. The molecule has 1 aromatic rings. The molecule has 9 heteroatoms. The smallest absolute Gasteiger partial charge is 0.288 e. The van der Waals surface area contributed by atoms with E-state index in [1.165, 1.54) is 18.2 Å². The maximum atomic E-state index is 10.5. The molecule has 0 unspecified atom stereocenters. The lowest BCUT2D eigenvalue weighted by Crippen LogP contribution is -2.21. The van der Waals surface area contributed by atoms with Crippen molar-refractivity contribution in [2.45, 2.75) is 0 Å². The van der Waals surface area contributed by atoms with Crippen LogP contribution in [0.4, 0.5) is 11.4 Å². The Hall–Kier alpha value is -2.66. The van der Waals surface area contributed by atoms with Gasteiger partial charge in [0.15, 0.2) is 5.84 Å². The average Bonchev–Trinajstić information content (AvgIpc) is 2.28. The Bertz CT molecular complexity index is 577. The number of hydrazone groups is 1. The molecule has 18 heavy (non-hydrogen) atoms. The zero-order valence-corrected chi connectivity index (χ0v) is 9.60. The van der Waals surface area contributed by atoms with E-state index in [0.717, 1.165) is 0 Å². The van der Waals surface area contributed by atoms with Gasteiger partial charge in [-0.25, -0.2) is 0 Å². The van der Waals surface area contributed by atoms with Crippen LogP contribution in [-0.4, -0.2) is 16.5 Å². The summed E-state index contributed by atoms with van der Waals surface area (Å²) >= 11 is 5.67. The van der Waals surface area contributed by atoms with Gasteiger partial charge in [0.05, 0.1) is 10.6 Å². The molecule has 0 aliphatic rings. The normalized spacial score (nSPS) is 10.6. The molecule has 0 saturated carbocycles. The number of halogens is 1. The predicted octanol–water partition coefficient (Wildman–Crippen LogP) is 1.48. The summed E-state index contributed by atoms with van der Waals surface area (Å²) in [5.41, 5.74) is 7.30. The molecule has 0 spiro atoms. The zero-order chi connectivity index (χ0) is 13.7. The number of nitriles is 1. The molecule has 0 radical (unpaired) electrons. The Balaban J connectivity index is 2.95. The quantitative estimate of drug-likeness (QED) is 0.327. The first kappa shape index (κ1) is 13.4. The third-order valence-electron chi connectivity index (χ3n) is 1.80. The molecule has 0 atom stereocenters. The van der Waals surface area contributed by atoms with Crippen molar-refractivity contribution < 1.29 is 4.92 Å². The molecule has 0 aliphatic heterocycles. The zero-order valence-electron chi connectivity index (χ0n) is 8.85. The van der Waals surface area contributed by atoms with Crippen LogP contribution in [0.1, 0.15) is 0 Å². The number of nitro benzene ring substituents is 1. The number of nitrogens with one attached hydrogen (secondary N) is 2. The molecule has 1 aromatic carbocycles. The van der Waals surface area contributed by atoms with Crippen LogP contribution in [0.5, 0.6) is 0 Å². The van der Waals surface area contributed by atoms with Crippen molar-refractivity contribution >= 4 is 34.5 Å². The largest absolute Gasteiger partial charge is 0.382 e. The third-order valence-corrected chi connectivity index (χ3v) is 2.10. The van der Waals surface area contributed by atoms with E-state index in [-0.39, 0.29) is 16.4 Å². The summed E-state index contributed by atoms with van der Waals surface area (Å²) in [6, 6.07) is 5.45. The molecule has 0 heterocycles. The third kappa shape index (κ3) is 3.16. The van der Waals surface area contributed by atoms with Gasteiger partial charge in [-0.3, -0.25) is 20.9 Å². The van der Waals surface area contributed by atoms with E-state index in [1.54, 1.807) is 6.07 Å². The second-order valence-electron chi connectivity index (χ2n) is 3.02. The van der Waals surface area contributed by atoms with E-state index in [4.69, 9.17) is 28.0 Å². The van der Waals surface area contributed by atoms with Crippen LogP contribution in [0.25, 0.3) is 0 Å². The first-order valence-corrected chi connectivity index (χ1v) is 4.85. The fourth-order valence-corrected chi connectivity index (χ4v) is 1.24. The van der Waals surface area contributed by atoms with Gasteiger partial charge >= 0.3 is 0 Å². The van der Waals surface area contributed by atoms with Crippen molar-refractivity contribution in [3.05, 3.63) is 33.3 Å². The first-order valence-electron chi connectivity index (χ1n) is 4.48. The number of benzene rings is 1. The summed E-state index contributed by atoms with van der Waals surface area (Å²) in [6.45, 7) is 0. The molecule has 0 bridgehead atoms. The lowest BCUT2D eigenvalue weighted by atomic mass is 10.3. The van der Waals surface area contributed by atoms with Gasteiger partial charge in [-0.1, -0.05) is 11.6 Å². The minimum atomic E-state index is -0.619. The van der Waals surface area contributed by atoms with Gasteiger partial charge in [0.25, 0.3) is 5.69 Å². The van der Waals surface area contributed by atoms with E-state index in [9.17, 15) is 10.1 Å². The summed E-state index contributed by atoms with van der Waals surface area (Å²) in [5.74, 6) is -0.488. The molecule has 0 saturated heterocycles. The number of nitro groups is 1. The second kappa shape index (κ2) is 5.60. The van der Waals surface area contributed by atoms with Crippen molar-refractivity contribution in [1.29, 1.82) is 10.7 Å². The molecular weight excluding hydrogens is 260 g/mol. The number of rotatable bonds is 4. The highest BCUT2D eigenvalue weighted by Gasteiger charge is 2.11. The maximum absolute atomic E-state index is 10.5. The van der Waals surface area contributed by atoms with Crippen molar-refractivity contribution in [2.75, 3.05) is 5.43 Å². The minimum Gasteiger partial charge on any atom is -0.382 e. The predicted molar refractivity (Wildman–Crippen MR) is 66.7 cm³/mol. The highest BCUT2D eigenvalue weighted by molar-refractivity contribution is 6.45. The van der Waals surface area contributed by atoms with Gasteiger partial charge in [-0.2, -0.15) is 10.4 Å². The van der Waals surface area contributed by atoms with Gasteiger partial charge in [0.1, 0.15) is 11.1 Å². The highest BCUT2D eigenvalue weighted by atomic mass is 35.5. The summed E-state index contributed by atoms with van der Waals surface area (Å²) < 4.78 is 0. The van der Waals surface area contributed by atoms with Gasteiger partial charge in [-0.15, -0.1) is 0 Å². The van der Waals surface area contributed by atoms with E-state index < -0.39 is 10.8 Å². The van der Waals surface area contributed by atoms with Crippen molar-refractivity contribution in [1.82, 2.24) is 0 Å². The Kier molecular flexibility index (Phi) is 4.17. The Morgan fingerprint density at radius 3 is 2.78 bits per heavy atom. The van der Waals surface area contributed by atoms with E-state index >= 15 is 0 Å². The molecule has 0 fully saturated rings. The number of amidine groups is 1. The fourth-order valence-electron chi connectivity index (χ4n) is 0.990. The molecule has 0 aromatic heterocycles. The van der Waals surface area contributed by atoms with Crippen LogP contribution in [-0.2, 0) is 0 Å². The van der Waals surface area contributed by atoms with E-state index in [1.807, 2.05) is 0 Å². The molecule has 92 valence electrons. The Labute approximate surface area is 106 Å². The molecular formula is C9H7ClN6O2. The minimum absolute atomic E-state index is 0.0680. The van der Waals surface area contributed by atoms with Crippen LogP contribution >= 0.6 is 11.6 Å². The van der Waals surface area contributed by atoms with Crippen LogP contribution in [0.15, 0.2) is 23.3 Å². The van der Waals surface area contributed by atoms with E-state index in [0.29, 0.717) is 5.69 Å². The average molecular weight is 267 g/mol. The van der Waals surface area contributed by atoms with Gasteiger partial charge in [0, 0.05) is 6.07 Å². The molecule has 0 amide bonds. The van der Waals surface area contributed by atoms with Gasteiger partial charge < -0.3 is 5.73 Å². The van der Waals surface area contributed by atoms with Crippen molar-refractivity contribution in [3.8, 4) is 6.07 Å². The van der Waals surface area contributed by atoms with E-state index in [2.05, 4.69) is 10.5 Å². The monoisotopic (exact) mass is 266 g/mol. The molecule has 4 N–H and O–H groups in total. The summed E-state index contributed by atoms with van der Waals surface area (Å²) in [5, 5.41) is 29.6. The molecule has 1 rings (SSSR count). The van der Waals surface area contributed by atoms with Crippen LogP contribution in [0, 0.1) is 26.9 Å². The number of hydrogen-bond acceptors (Lipinski definition) is 6. The van der Waals surface area contributed by atoms with Crippen LogP contribution in [0.2, 0.25) is 5.02 Å². The fraction of sp³-hybridized carbons (Fsp3) is 0. The van der Waals surface area contributed by atoms with Gasteiger partial charge in [0.2, 0.25) is 5.71 Å². The number of anilines is 1. The lowest BCUT2D eigenvalue weighted by Gasteiger charge is -2.02. The molecule has 0 aliphatic carbocycles. The molecule has 8 nitrogen and oxygen atoms in total. The van der Waals surface area contributed by atoms with Crippen LogP contribution < -0.4 is 11.2 Å². The number of nitrogens with two attached hydrogens (primary N) is 1. The second-order valence-corrected chi connectivity index (χ2v) is 3.43. The van der Waals surface area contributed by atoms with Crippen molar-refractivity contribution in [2.24, 2.45) is 10.8 Å². The first-order chi connectivity index (χ1) is 8.45.